The summed E-state index contributed by atoms with van der Waals surface area (Å²) in [5.74, 6) is 0. The van der Waals surface area contributed by atoms with Gasteiger partial charge in [-0.25, -0.2) is 0 Å². The van der Waals surface area contributed by atoms with E-state index in [4.69, 9.17) is 0 Å². The summed E-state index contributed by atoms with van der Waals surface area (Å²) in [6.07, 6.45) is 5.00. The van der Waals surface area contributed by atoms with Crippen LogP contribution in [0, 0.1) is 6.92 Å². The highest BCUT2D eigenvalue weighted by atomic mass is 15.3. The van der Waals surface area contributed by atoms with Crippen LogP contribution < -0.4 is 4.90 Å². The molecule has 1 nitrogen and oxygen atoms in total. The molecular formula is C47H39N. The van der Waals surface area contributed by atoms with E-state index in [1.165, 1.54) is 114 Å². The van der Waals surface area contributed by atoms with Gasteiger partial charge in [0, 0.05) is 16.8 Å². The molecule has 2 atom stereocenters. The molecule has 0 bridgehead atoms. The minimum Gasteiger partial charge on any atom is -0.334 e. The molecule has 8 aromatic rings. The van der Waals surface area contributed by atoms with Gasteiger partial charge in [-0.1, -0.05) is 129 Å². The van der Waals surface area contributed by atoms with Crippen molar-refractivity contribution >= 4 is 54.5 Å². The third kappa shape index (κ3) is 3.62. The maximum absolute atomic E-state index is 2.69. The summed E-state index contributed by atoms with van der Waals surface area (Å²) in [6, 6.07) is 50.5. The van der Waals surface area contributed by atoms with Crippen LogP contribution in [-0.2, 0) is 5.41 Å². The van der Waals surface area contributed by atoms with E-state index in [0.717, 1.165) is 0 Å². The van der Waals surface area contributed by atoms with Crippen molar-refractivity contribution in [2.45, 2.75) is 57.4 Å². The lowest BCUT2D eigenvalue weighted by atomic mass is 9.61. The van der Waals surface area contributed by atoms with Gasteiger partial charge in [-0.2, -0.15) is 0 Å². The molecular weight excluding hydrogens is 579 g/mol. The summed E-state index contributed by atoms with van der Waals surface area (Å²) in [7, 11) is 0. The molecule has 0 spiro atoms. The van der Waals surface area contributed by atoms with E-state index in [0.29, 0.717) is 0 Å². The van der Waals surface area contributed by atoms with Gasteiger partial charge in [0.05, 0.1) is 5.54 Å². The zero-order valence-electron chi connectivity index (χ0n) is 28.0. The average molecular weight is 618 g/mol. The Morgan fingerprint density at radius 2 is 1.10 bits per heavy atom. The first-order chi connectivity index (χ1) is 23.5. The van der Waals surface area contributed by atoms with Crippen LogP contribution in [0.15, 0.2) is 133 Å². The second-order valence-corrected chi connectivity index (χ2v) is 14.8. The number of para-hydroxylation sites is 1. The van der Waals surface area contributed by atoms with E-state index in [1.807, 2.05) is 0 Å². The molecule has 0 amide bonds. The fourth-order valence-electron chi connectivity index (χ4n) is 9.88. The van der Waals surface area contributed by atoms with Gasteiger partial charge in [-0.05, 0) is 127 Å². The van der Waals surface area contributed by atoms with Crippen LogP contribution in [0.5, 0.6) is 0 Å². The summed E-state index contributed by atoms with van der Waals surface area (Å²) in [4.78, 5) is 2.69. The van der Waals surface area contributed by atoms with Crippen molar-refractivity contribution in [2.75, 3.05) is 4.90 Å². The second-order valence-electron chi connectivity index (χ2n) is 14.8. The Labute approximate surface area is 282 Å². The summed E-state index contributed by atoms with van der Waals surface area (Å²) in [5.41, 5.74) is 11.0. The lowest BCUT2D eigenvalue weighted by Crippen LogP contribution is -2.54. The maximum Gasteiger partial charge on any atom is 0.0517 e. The average Bonchev–Trinajstić information content (AvgIpc) is 3.32. The lowest BCUT2D eigenvalue weighted by Gasteiger charge is -2.50. The van der Waals surface area contributed by atoms with E-state index in [9.17, 15) is 0 Å². The molecule has 1 heteroatoms. The predicted molar refractivity (Wildman–Crippen MR) is 206 cm³/mol. The number of hydrogen-bond acceptors (Lipinski definition) is 1. The SMILES string of the molecule is Cc1cc2c(cc1-c1ccc3ccc4c(-c5cccc6ccccc56)ccc5ccc1c3c54)C1(C)CCCCC1(C)N2c1ccccc1. The first kappa shape index (κ1) is 27.9. The van der Waals surface area contributed by atoms with Gasteiger partial charge in [0.25, 0.3) is 0 Å². The molecule has 8 aromatic carbocycles. The fourth-order valence-corrected chi connectivity index (χ4v) is 9.88. The molecule has 232 valence electrons. The number of rotatable bonds is 3. The maximum atomic E-state index is 2.69. The molecule has 48 heavy (non-hydrogen) atoms. The minimum atomic E-state index is 0.0423. The molecule has 0 radical (unpaired) electrons. The van der Waals surface area contributed by atoms with Crippen LogP contribution in [0.3, 0.4) is 0 Å². The molecule has 0 N–H and O–H groups in total. The van der Waals surface area contributed by atoms with Gasteiger partial charge in [0.1, 0.15) is 0 Å². The van der Waals surface area contributed by atoms with E-state index >= 15 is 0 Å². The summed E-state index contributed by atoms with van der Waals surface area (Å²) in [5, 5.41) is 10.6. The zero-order valence-corrected chi connectivity index (χ0v) is 28.0. The van der Waals surface area contributed by atoms with Crippen LogP contribution in [0.25, 0.3) is 65.3 Å². The largest absolute Gasteiger partial charge is 0.334 e. The third-order valence-electron chi connectivity index (χ3n) is 12.5. The van der Waals surface area contributed by atoms with E-state index in [-0.39, 0.29) is 11.0 Å². The summed E-state index contributed by atoms with van der Waals surface area (Å²) in [6.45, 7) is 7.39. The first-order valence-electron chi connectivity index (χ1n) is 17.7. The van der Waals surface area contributed by atoms with Gasteiger partial charge in [0.15, 0.2) is 0 Å². The highest BCUT2D eigenvalue weighted by Crippen LogP contribution is 2.61. The molecule has 2 aliphatic rings. The van der Waals surface area contributed by atoms with Gasteiger partial charge in [0.2, 0.25) is 0 Å². The summed E-state index contributed by atoms with van der Waals surface area (Å²) < 4.78 is 0. The standard InChI is InChI=1S/C47H39N/c1-30-28-43-42(46(2)26-9-10-27-47(46,3)48(43)34-14-5-4-6-15-34)29-41(30)38-23-19-33-20-24-39-37(22-18-32-21-25-40(38)45(33)44(32)39)36-17-11-13-31-12-7-8-16-35(31)36/h4-8,11-25,28-29H,9-10,26-27H2,1-3H3. The predicted octanol–water partition coefficient (Wildman–Crippen LogP) is 13.1. The third-order valence-corrected chi connectivity index (χ3v) is 12.5. The van der Waals surface area contributed by atoms with Gasteiger partial charge in [-0.3, -0.25) is 0 Å². The van der Waals surface area contributed by atoms with Crippen molar-refractivity contribution in [3.05, 3.63) is 145 Å². The van der Waals surface area contributed by atoms with Crippen molar-refractivity contribution in [1.29, 1.82) is 0 Å². The van der Waals surface area contributed by atoms with Crippen molar-refractivity contribution in [3.8, 4) is 22.3 Å². The van der Waals surface area contributed by atoms with E-state index in [2.05, 4.69) is 159 Å². The molecule has 1 heterocycles. The van der Waals surface area contributed by atoms with Crippen LogP contribution in [-0.4, -0.2) is 5.54 Å². The number of fused-ring (bicyclic) bond motifs is 4. The monoisotopic (exact) mass is 617 g/mol. The fraction of sp³-hybridized carbons (Fsp3) is 0.191. The highest BCUT2D eigenvalue weighted by molar-refractivity contribution is 6.28. The Balaban J connectivity index is 1.22. The highest BCUT2D eigenvalue weighted by Gasteiger charge is 2.57. The smallest absolute Gasteiger partial charge is 0.0517 e. The molecule has 0 aromatic heterocycles. The Bertz CT molecular complexity index is 2560. The van der Waals surface area contributed by atoms with Crippen LogP contribution in [0.4, 0.5) is 11.4 Å². The number of nitrogens with zero attached hydrogens (tertiary/aromatic N) is 1. The van der Waals surface area contributed by atoms with Crippen molar-refractivity contribution in [3.63, 3.8) is 0 Å². The molecule has 1 fully saturated rings. The number of hydrogen-bond donors (Lipinski definition) is 0. The van der Waals surface area contributed by atoms with Gasteiger partial charge >= 0.3 is 0 Å². The topological polar surface area (TPSA) is 3.24 Å². The van der Waals surface area contributed by atoms with Crippen LogP contribution in [0.2, 0.25) is 0 Å². The molecule has 10 rings (SSSR count). The number of aryl methyl sites for hydroxylation is 1. The summed E-state index contributed by atoms with van der Waals surface area (Å²) >= 11 is 0. The van der Waals surface area contributed by atoms with Crippen molar-refractivity contribution in [1.82, 2.24) is 0 Å². The molecule has 2 unspecified atom stereocenters. The normalized spacial score (nSPS) is 20.6. The molecule has 1 aliphatic carbocycles. The molecule has 1 saturated carbocycles. The van der Waals surface area contributed by atoms with Crippen molar-refractivity contribution in [2.24, 2.45) is 0 Å². The van der Waals surface area contributed by atoms with Gasteiger partial charge in [-0.15, -0.1) is 0 Å². The Morgan fingerprint density at radius 3 is 1.85 bits per heavy atom. The van der Waals surface area contributed by atoms with Crippen LogP contribution in [0.1, 0.15) is 50.7 Å². The van der Waals surface area contributed by atoms with Crippen molar-refractivity contribution < 1.29 is 0 Å². The minimum absolute atomic E-state index is 0.0423. The second kappa shape index (κ2) is 9.94. The quantitative estimate of drug-likeness (QED) is 0.178. The number of benzene rings is 8. The van der Waals surface area contributed by atoms with E-state index < -0.39 is 0 Å². The lowest BCUT2D eigenvalue weighted by molar-refractivity contribution is 0.195. The first-order valence-corrected chi connectivity index (χ1v) is 17.7. The molecule has 1 aliphatic heterocycles. The van der Waals surface area contributed by atoms with E-state index in [1.54, 1.807) is 0 Å². The van der Waals surface area contributed by atoms with Gasteiger partial charge < -0.3 is 4.90 Å². The molecule has 0 saturated heterocycles. The Kier molecular flexibility index (Phi) is 5.78. The van der Waals surface area contributed by atoms with Crippen LogP contribution >= 0.6 is 0 Å². The zero-order chi connectivity index (χ0) is 32.2. The Hall–Kier alpha value is -5.14. The Morgan fingerprint density at radius 1 is 0.500 bits per heavy atom. The number of anilines is 2.